The quantitative estimate of drug-likeness (QED) is 0.368. The van der Waals surface area contributed by atoms with Crippen LogP contribution in [0.3, 0.4) is 0 Å². The van der Waals surface area contributed by atoms with Crippen LogP contribution in [0.25, 0.3) is 0 Å². The molecule has 0 aliphatic carbocycles. The van der Waals surface area contributed by atoms with Crippen molar-refractivity contribution in [2.24, 2.45) is 11.5 Å². The standard InChI is InChI=1S/C8H22N4/c1-8(2,12-6-4-10)7-11-5-3-9/h11-12H,3-7,9-10H2,1-2H3. The minimum Gasteiger partial charge on any atom is -0.329 e. The van der Waals surface area contributed by atoms with Crippen LogP contribution in [0.1, 0.15) is 13.8 Å². The summed E-state index contributed by atoms with van der Waals surface area (Å²) in [5.41, 5.74) is 10.8. The van der Waals surface area contributed by atoms with Gasteiger partial charge >= 0.3 is 0 Å². The van der Waals surface area contributed by atoms with E-state index in [1.807, 2.05) is 0 Å². The molecule has 12 heavy (non-hydrogen) atoms. The highest BCUT2D eigenvalue weighted by Crippen LogP contribution is 1.97. The average Bonchev–Trinajstić information content (AvgIpc) is 2.01. The van der Waals surface area contributed by atoms with Gasteiger partial charge in [0, 0.05) is 38.3 Å². The first kappa shape index (κ1) is 11.8. The number of nitrogens with one attached hydrogen (secondary N) is 2. The lowest BCUT2D eigenvalue weighted by Gasteiger charge is -2.26. The van der Waals surface area contributed by atoms with Gasteiger partial charge in [-0.2, -0.15) is 0 Å². The maximum atomic E-state index is 5.39. The van der Waals surface area contributed by atoms with Crippen molar-refractivity contribution in [2.75, 3.05) is 32.7 Å². The first-order valence-electron chi connectivity index (χ1n) is 4.48. The first-order valence-corrected chi connectivity index (χ1v) is 4.48. The summed E-state index contributed by atoms with van der Waals surface area (Å²) in [6, 6.07) is 0. The lowest BCUT2D eigenvalue weighted by atomic mass is 10.1. The number of hydrogen-bond acceptors (Lipinski definition) is 4. The van der Waals surface area contributed by atoms with Crippen molar-refractivity contribution in [1.82, 2.24) is 10.6 Å². The molecule has 0 aliphatic rings. The predicted octanol–water partition coefficient (Wildman–Crippen LogP) is -1.14. The molecule has 6 N–H and O–H groups in total. The molecule has 0 unspecified atom stereocenters. The molecule has 0 aromatic rings. The molecular formula is C8H22N4. The van der Waals surface area contributed by atoms with Gasteiger partial charge in [0.15, 0.2) is 0 Å². The van der Waals surface area contributed by atoms with Crippen molar-refractivity contribution in [2.45, 2.75) is 19.4 Å². The third kappa shape index (κ3) is 6.54. The molecule has 0 aromatic heterocycles. The normalized spacial score (nSPS) is 12.0. The van der Waals surface area contributed by atoms with Gasteiger partial charge in [0.25, 0.3) is 0 Å². The summed E-state index contributed by atoms with van der Waals surface area (Å²) in [6.07, 6.45) is 0. The van der Waals surface area contributed by atoms with Crippen LogP contribution in [0.4, 0.5) is 0 Å². The van der Waals surface area contributed by atoms with Crippen LogP contribution in [0.2, 0.25) is 0 Å². The lowest BCUT2D eigenvalue weighted by molar-refractivity contribution is 0.372. The fraction of sp³-hybridized carbons (Fsp3) is 1.00. The number of nitrogens with two attached hydrogens (primary N) is 2. The SMILES string of the molecule is CC(C)(CNCCN)NCCN. The minimum atomic E-state index is 0.106. The van der Waals surface area contributed by atoms with Gasteiger partial charge in [-0.25, -0.2) is 0 Å². The van der Waals surface area contributed by atoms with Gasteiger partial charge in [-0.1, -0.05) is 0 Å². The Bertz CT molecular complexity index is 103. The molecular weight excluding hydrogens is 152 g/mol. The van der Waals surface area contributed by atoms with Gasteiger partial charge in [-0.15, -0.1) is 0 Å². The molecule has 0 radical (unpaired) electrons. The predicted molar refractivity (Wildman–Crippen MR) is 53.1 cm³/mol. The second-order valence-electron chi connectivity index (χ2n) is 3.56. The maximum Gasteiger partial charge on any atom is 0.0250 e. The third-order valence-corrected chi connectivity index (χ3v) is 1.64. The summed E-state index contributed by atoms with van der Waals surface area (Å²) in [5, 5.41) is 6.60. The molecule has 0 amide bonds. The summed E-state index contributed by atoms with van der Waals surface area (Å²) < 4.78 is 0. The number of hydrogen-bond donors (Lipinski definition) is 4. The lowest BCUT2D eigenvalue weighted by Crippen LogP contribution is -2.49. The third-order valence-electron chi connectivity index (χ3n) is 1.64. The van der Waals surface area contributed by atoms with Crippen LogP contribution in [0.15, 0.2) is 0 Å². The fourth-order valence-electron chi connectivity index (χ4n) is 0.976. The molecule has 0 aromatic carbocycles. The highest BCUT2D eigenvalue weighted by atomic mass is 15.0. The van der Waals surface area contributed by atoms with E-state index >= 15 is 0 Å². The van der Waals surface area contributed by atoms with Gasteiger partial charge in [-0.05, 0) is 13.8 Å². The van der Waals surface area contributed by atoms with Crippen molar-refractivity contribution in [1.29, 1.82) is 0 Å². The molecule has 74 valence electrons. The second-order valence-corrected chi connectivity index (χ2v) is 3.56. The Morgan fingerprint density at radius 1 is 1.08 bits per heavy atom. The Hall–Kier alpha value is -0.160. The van der Waals surface area contributed by atoms with Crippen molar-refractivity contribution in [3.8, 4) is 0 Å². The van der Waals surface area contributed by atoms with Crippen molar-refractivity contribution >= 4 is 0 Å². The highest BCUT2D eigenvalue weighted by molar-refractivity contribution is 4.79. The van der Waals surface area contributed by atoms with E-state index in [2.05, 4.69) is 24.5 Å². The summed E-state index contributed by atoms with van der Waals surface area (Å²) in [7, 11) is 0. The van der Waals surface area contributed by atoms with Crippen LogP contribution in [-0.2, 0) is 0 Å². The Balaban J connectivity index is 3.42. The van der Waals surface area contributed by atoms with Gasteiger partial charge in [0.2, 0.25) is 0 Å². The maximum absolute atomic E-state index is 5.39. The first-order chi connectivity index (χ1) is 5.62. The van der Waals surface area contributed by atoms with E-state index in [9.17, 15) is 0 Å². The zero-order valence-corrected chi connectivity index (χ0v) is 8.19. The van der Waals surface area contributed by atoms with E-state index < -0.39 is 0 Å². The van der Waals surface area contributed by atoms with Crippen molar-refractivity contribution < 1.29 is 0 Å². The van der Waals surface area contributed by atoms with Gasteiger partial charge < -0.3 is 22.1 Å². The fourth-order valence-corrected chi connectivity index (χ4v) is 0.976. The van der Waals surface area contributed by atoms with Crippen molar-refractivity contribution in [3.05, 3.63) is 0 Å². The smallest absolute Gasteiger partial charge is 0.0250 e. The van der Waals surface area contributed by atoms with E-state index in [0.29, 0.717) is 13.1 Å². The van der Waals surface area contributed by atoms with E-state index in [4.69, 9.17) is 11.5 Å². The summed E-state index contributed by atoms with van der Waals surface area (Å²) >= 11 is 0. The van der Waals surface area contributed by atoms with Crippen molar-refractivity contribution in [3.63, 3.8) is 0 Å². The Labute approximate surface area is 75.1 Å². The second kappa shape index (κ2) is 6.37. The summed E-state index contributed by atoms with van der Waals surface area (Å²) in [4.78, 5) is 0. The molecule has 0 atom stereocenters. The molecule has 4 nitrogen and oxygen atoms in total. The van der Waals surface area contributed by atoms with Gasteiger partial charge in [0.1, 0.15) is 0 Å². The number of rotatable bonds is 7. The van der Waals surface area contributed by atoms with E-state index in [1.165, 1.54) is 0 Å². The molecule has 4 heteroatoms. The molecule has 0 heterocycles. The van der Waals surface area contributed by atoms with E-state index in [1.54, 1.807) is 0 Å². The summed E-state index contributed by atoms with van der Waals surface area (Å²) in [6.45, 7) is 8.31. The van der Waals surface area contributed by atoms with Crippen LogP contribution in [0.5, 0.6) is 0 Å². The highest BCUT2D eigenvalue weighted by Gasteiger charge is 2.14. The Morgan fingerprint density at radius 2 is 1.67 bits per heavy atom. The van der Waals surface area contributed by atoms with Gasteiger partial charge in [0.05, 0.1) is 0 Å². The molecule has 0 fully saturated rings. The molecule has 0 rings (SSSR count). The molecule has 0 bridgehead atoms. The minimum absolute atomic E-state index is 0.106. The summed E-state index contributed by atoms with van der Waals surface area (Å²) in [5.74, 6) is 0. The average molecular weight is 174 g/mol. The molecule has 0 aliphatic heterocycles. The topological polar surface area (TPSA) is 76.1 Å². The Kier molecular flexibility index (Phi) is 6.28. The molecule has 0 spiro atoms. The van der Waals surface area contributed by atoms with Crippen LogP contribution >= 0.6 is 0 Å². The van der Waals surface area contributed by atoms with Crippen LogP contribution in [0, 0.1) is 0 Å². The van der Waals surface area contributed by atoms with E-state index in [-0.39, 0.29) is 5.54 Å². The van der Waals surface area contributed by atoms with E-state index in [0.717, 1.165) is 19.6 Å². The van der Waals surface area contributed by atoms with Crippen LogP contribution in [-0.4, -0.2) is 38.3 Å². The van der Waals surface area contributed by atoms with Gasteiger partial charge in [-0.3, -0.25) is 0 Å². The zero-order chi connectivity index (χ0) is 9.45. The molecule has 0 saturated carbocycles. The monoisotopic (exact) mass is 174 g/mol. The zero-order valence-electron chi connectivity index (χ0n) is 8.19. The van der Waals surface area contributed by atoms with Crippen LogP contribution < -0.4 is 22.1 Å². The largest absolute Gasteiger partial charge is 0.329 e. The molecule has 0 saturated heterocycles. The Morgan fingerprint density at radius 3 is 2.17 bits per heavy atom.